The van der Waals surface area contributed by atoms with Gasteiger partial charge in [-0.05, 0) is 31.8 Å². The van der Waals surface area contributed by atoms with Crippen molar-refractivity contribution in [3.63, 3.8) is 0 Å². The molecule has 5 heteroatoms. The van der Waals surface area contributed by atoms with Crippen molar-refractivity contribution < 1.29 is 0 Å². The molecule has 0 radical (unpaired) electrons. The summed E-state index contributed by atoms with van der Waals surface area (Å²) in [6, 6.07) is 0. The highest BCUT2D eigenvalue weighted by Crippen LogP contribution is 2.22. The third-order valence-electron chi connectivity index (χ3n) is 2.69. The minimum atomic E-state index is 0.292. The van der Waals surface area contributed by atoms with Gasteiger partial charge in [-0.25, -0.2) is 9.97 Å². The van der Waals surface area contributed by atoms with Crippen LogP contribution in [0.4, 0.5) is 5.82 Å². The van der Waals surface area contributed by atoms with E-state index >= 15 is 0 Å². The first kappa shape index (κ1) is 15.6. The van der Waals surface area contributed by atoms with E-state index in [1.165, 1.54) is 12.2 Å². The van der Waals surface area contributed by atoms with Crippen LogP contribution in [0.2, 0.25) is 5.15 Å². The van der Waals surface area contributed by atoms with Crippen molar-refractivity contribution in [3.05, 3.63) is 16.5 Å². The van der Waals surface area contributed by atoms with Gasteiger partial charge in [0.1, 0.15) is 16.8 Å². The number of unbranched alkanes of at least 4 members (excludes halogenated alkanes) is 1. The molecule has 0 saturated carbocycles. The third-order valence-corrected chi connectivity index (χ3v) is 3.75. The second-order valence-corrected chi connectivity index (χ2v) is 5.97. The Morgan fingerprint density at radius 1 is 1.28 bits per heavy atom. The van der Waals surface area contributed by atoms with Crippen molar-refractivity contribution >= 4 is 29.2 Å². The van der Waals surface area contributed by atoms with E-state index in [2.05, 4.69) is 35.4 Å². The van der Waals surface area contributed by atoms with Crippen molar-refractivity contribution in [1.29, 1.82) is 0 Å². The largest absolute Gasteiger partial charge is 0.370 e. The van der Waals surface area contributed by atoms with E-state index < -0.39 is 0 Å². The molecule has 0 bridgehead atoms. The van der Waals surface area contributed by atoms with Crippen LogP contribution in [-0.2, 0) is 0 Å². The average Bonchev–Trinajstić information content (AvgIpc) is 2.33. The molecule has 3 nitrogen and oxygen atoms in total. The lowest BCUT2D eigenvalue weighted by Gasteiger charge is -2.12. The number of aromatic nitrogens is 2. The maximum atomic E-state index is 6.13. The summed E-state index contributed by atoms with van der Waals surface area (Å²) < 4.78 is 0. The normalized spacial score (nSPS) is 11.0. The lowest BCUT2D eigenvalue weighted by Crippen LogP contribution is -2.09. The Kier molecular flexibility index (Phi) is 6.79. The van der Waals surface area contributed by atoms with E-state index in [0.29, 0.717) is 11.1 Å². The molecule has 18 heavy (non-hydrogen) atoms. The molecule has 1 aromatic heterocycles. The SMILES string of the molecule is CSCCCCNc1nc(C(C)C)nc(Cl)c1C. The van der Waals surface area contributed by atoms with Crippen molar-refractivity contribution in [3.8, 4) is 0 Å². The molecule has 1 N–H and O–H groups in total. The number of nitrogens with zero attached hydrogens (tertiary/aromatic N) is 2. The summed E-state index contributed by atoms with van der Waals surface area (Å²) >= 11 is 8.02. The Balaban J connectivity index is 2.63. The molecule has 0 amide bonds. The lowest BCUT2D eigenvalue weighted by atomic mass is 10.2. The predicted molar refractivity (Wildman–Crippen MR) is 82.0 cm³/mol. The van der Waals surface area contributed by atoms with E-state index in [1.54, 1.807) is 0 Å². The Morgan fingerprint density at radius 3 is 2.61 bits per heavy atom. The average molecular weight is 288 g/mol. The minimum Gasteiger partial charge on any atom is -0.370 e. The second-order valence-electron chi connectivity index (χ2n) is 4.63. The van der Waals surface area contributed by atoms with Gasteiger partial charge in [0, 0.05) is 18.0 Å². The van der Waals surface area contributed by atoms with Gasteiger partial charge in [-0.2, -0.15) is 11.8 Å². The summed E-state index contributed by atoms with van der Waals surface area (Å²) in [5.41, 5.74) is 0.936. The molecule has 1 rings (SSSR count). The fourth-order valence-corrected chi connectivity index (χ4v) is 2.18. The van der Waals surface area contributed by atoms with Crippen LogP contribution in [0, 0.1) is 6.92 Å². The quantitative estimate of drug-likeness (QED) is 0.605. The standard InChI is InChI=1S/C13H22ClN3S/c1-9(2)12-16-11(14)10(3)13(17-12)15-7-5-6-8-18-4/h9H,5-8H2,1-4H3,(H,15,16,17). The highest BCUT2D eigenvalue weighted by molar-refractivity contribution is 7.98. The van der Waals surface area contributed by atoms with E-state index in [4.69, 9.17) is 11.6 Å². The van der Waals surface area contributed by atoms with Crippen LogP contribution in [0.1, 0.15) is 44.0 Å². The Hall–Kier alpha value is -0.480. The molecule has 0 aliphatic carbocycles. The molecular weight excluding hydrogens is 266 g/mol. The molecule has 0 saturated heterocycles. The molecule has 102 valence electrons. The van der Waals surface area contributed by atoms with Crippen LogP contribution in [0.5, 0.6) is 0 Å². The first-order valence-corrected chi connectivity index (χ1v) is 8.10. The number of hydrogen-bond donors (Lipinski definition) is 1. The number of nitrogens with one attached hydrogen (secondary N) is 1. The maximum Gasteiger partial charge on any atom is 0.137 e. The zero-order valence-electron chi connectivity index (χ0n) is 11.6. The fraction of sp³-hybridized carbons (Fsp3) is 0.692. The zero-order valence-corrected chi connectivity index (χ0v) is 13.2. The summed E-state index contributed by atoms with van der Waals surface area (Å²) in [7, 11) is 0. The summed E-state index contributed by atoms with van der Waals surface area (Å²) in [5, 5.41) is 3.92. The predicted octanol–water partition coefficient (Wildman–Crippen LogP) is 4.12. The zero-order chi connectivity index (χ0) is 13.5. The van der Waals surface area contributed by atoms with Gasteiger partial charge in [0.15, 0.2) is 0 Å². The number of hydrogen-bond acceptors (Lipinski definition) is 4. The van der Waals surface area contributed by atoms with Crippen LogP contribution in [-0.4, -0.2) is 28.5 Å². The molecule has 0 spiro atoms. The molecule has 0 aliphatic rings. The Labute approximate surface area is 119 Å². The van der Waals surface area contributed by atoms with E-state index in [1.807, 2.05) is 18.7 Å². The molecule has 1 aromatic rings. The Morgan fingerprint density at radius 2 is 2.00 bits per heavy atom. The van der Waals surface area contributed by atoms with Gasteiger partial charge >= 0.3 is 0 Å². The molecule has 1 heterocycles. The summed E-state index contributed by atoms with van der Waals surface area (Å²) in [6.45, 7) is 7.04. The summed E-state index contributed by atoms with van der Waals surface area (Å²) in [5.74, 6) is 3.18. The highest BCUT2D eigenvalue weighted by atomic mass is 35.5. The maximum absolute atomic E-state index is 6.13. The van der Waals surface area contributed by atoms with E-state index in [9.17, 15) is 0 Å². The first-order chi connectivity index (χ1) is 8.56. The minimum absolute atomic E-state index is 0.292. The van der Waals surface area contributed by atoms with Crippen molar-refractivity contribution in [1.82, 2.24) is 9.97 Å². The number of rotatable bonds is 7. The van der Waals surface area contributed by atoms with Gasteiger partial charge < -0.3 is 5.32 Å². The molecular formula is C13H22ClN3S. The van der Waals surface area contributed by atoms with Crippen molar-refractivity contribution in [2.45, 2.75) is 39.5 Å². The van der Waals surface area contributed by atoms with Gasteiger partial charge in [0.25, 0.3) is 0 Å². The lowest BCUT2D eigenvalue weighted by molar-refractivity contribution is 0.767. The van der Waals surface area contributed by atoms with Crippen LogP contribution in [0.25, 0.3) is 0 Å². The Bertz CT molecular complexity index is 383. The van der Waals surface area contributed by atoms with Crippen LogP contribution >= 0.6 is 23.4 Å². The molecule has 0 atom stereocenters. The molecule has 0 aliphatic heterocycles. The highest BCUT2D eigenvalue weighted by Gasteiger charge is 2.11. The van der Waals surface area contributed by atoms with E-state index in [-0.39, 0.29) is 0 Å². The van der Waals surface area contributed by atoms with Gasteiger partial charge in [0.05, 0.1) is 0 Å². The number of thioether (sulfide) groups is 1. The van der Waals surface area contributed by atoms with Crippen LogP contribution < -0.4 is 5.32 Å². The molecule has 0 unspecified atom stereocenters. The number of halogens is 1. The van der Waals surface area contributed by atoms with Gasteiger partial charge in [0.2, 0.25) is 0 Å². The van der Waals surface area contributed by atoms with Gasteiger partial charge in [-0.15, -0.1) is 0 Å². The smallest absolute Gasteiger partial charge is 0.137 e. The molecule has 0 aromatic carbocycles. The first-order valence-electron chi connectivity index (χ1n) is 6.33. The molecule has 0 fully saturated rings. The topological polar surface area (TPSA) is 37.8 Å². The van der Waals surface area contributed by atoms with Crippen LogP contribution in [0.15, 0.2) is 0 Å². The summed E-state index contributed by atoms with van der Waals surface area (Å²) in [6.07, 6.45) is 4.51. The van der Waals surface area contributed by atoms with Crippen molar-refractivity contribution in [2.75, 3.05) is 23.9 Å². The second kappa shape index (κ2) is 7.85. The number of anilines is 1. The summed E-state index contributed by atoms with van der Waals surface area (Å²) in [4.78, 5) is 8.84. The fourth-order valence-electron chi connectivity index (χ4n) is 1.51. The third kappa shape index (κ3) is 4.65. The van der Waals surface area contributed by atoms with Crippen molar-refractivity contribution in [2.24, 2.45) is 0 Å². The monoisotopic (exact) mass is 287 g/mol. The van der Waals surface area contributed by atoms with Crippen LogP contribution in [0.3, 0.4) is 0 Å². The van der Waals surface area contributed by atoms with Gasteiger partial charge in [-0.3, -0.25) is 0 Å². The van der Waals surface area contributed by atoms with E-state index in [0.717, 1.165) is 30.2 Å². The van der Waals surface area contributed by atoms with Gasteiger partial charge in [-0.1, -0.05) is 25.4 Å².